The molecule has 1 saturated heterocycles. The zero-order chi connectivity index (χ0) is 10.2. The number of hydrogen-bond donors (Lipinski definition) is 1. The van der Waals surface area contributed by atoms with Crippen LogP contribution in [0.4, 0.5) is 0 Å². The summed E-state index contributed by atoms with van der Waals surface area (Å²) in [6, 6.07) is 0. The minimum atomic E-state index is -2.96. The molecule has 0 bridgehead atoms. The van der Waals surface area contributed by atoms with Crippen LogP contribution in [0.3, 0.4) is 0 Å². The van der Waals surface area contributed by atoms with E-state index in [9.17, 15) is 13.5 Å². The summed E-state index contributed by atoms with van der Waals surface area (Å²) in [6.45, 7) is 0. The molecular weight excluding hydrogens is 220 g/mol. The highest BCUT2D eigenvalue weighted by atomic mass is 32.2. The number of rotatable bonds is 2. The summed E-state index contributed by atoms with van der Waals surface area (Å²) in [4.78, 5) is 0. The van der Waals surface area contributed by atoms with Crippen molar-refractivity contribution in [2.24, 2.45) is 0 Å². The standard InChI is InChI=1S/C9H16O3S2/c10-8-5-14(11,12)6-9(8)13-7-3-1-2-4-7/h7-10H,1-6H2. The summed E-state index contributed by atoms with van der Waals surface area (Å²) in [5.41, 5.74) is 0. The minimum Gasteiger partial charge on any atom is -0.391 e. The van der Waals surface area contributed by atoms with E-state index in [0.29, 0.717) is 5.25 Å². The summed E-state index contributed by atoms with van der Waals surface area (Å²) in [7, 11) is -2.96. The average Bonchev–Trinajstić information content (AvgIpc) is 2.61. The van der Waals surface area contributed by atoms with Crippen molar-refractivity contribution in [3.05, 3.63) is 0 Å². The van der Waals surface area contributed by atoms with E-state index in [1.54, 1.807) is 11.8 Å². The molecule has 2 unspecified atom stereocenters. The third-order valence-corrected chi connectivity index (χ3v) is 6.56. The Morgan fingerprint density at radius 2 is 1.79 bits per heavy atom. The molecule has 0 aromatic heterocycles. The maximum Gasteiger partial charge on any atom is 0.154 e. The van der Waals surface area contributed by atoms with Crippen LogP contribution in [0.15, 0.2) is 0 Å². The predicted octanol–water partition coefficient (Wildman–Crippen LogP) is 0.820. The first-order valence-corrected chi connectivity index (χ1v) is 7.87. The van der Waals surface area contributed by atoms with E-state index >= 15 is 0 Å². The molecular formula is C9H16O3S2. The zero-order valence-corrected chi connectivity index (χ0v) is 9.69. The van der Waals surface area contributed by atoms with Gasteiger partial charge in [-0.25, -0.2) is 8.42 Å². The Bertz CT molecular complexity index is 293. The van der Waals surface area contributed by atoms with Gasteiger partial charge in [-0.15, -0.1) is 0 Å². The van der Waals surface area contributed by atoms with Gasteiger partial charge in [0, 0.05) is 10.5 Å². The lowest BCUT2D eigenvalue weighted by Crippen LogP contribution is -2.22. The zero-order valence-electron chi connectivity index (χ0n) is 8.05. The van der Waals surface area contributed by atoms with Gasteiger partial charge in [0.05, 0.1) is 17.6 Å². The molecule has 14 heavy (non-hydrogen) atoms. The second-order valence-corrected chi connectivity index (χ2v) is 7.92. The van der Waals surface area contributed by atoms with Gasteiger partial charge < -0.3 is 5.11 Å². The molecule has 0 amide bonds. The van der Waals surface area contributed by atoms with Crippen LogP contribution in [0.5, 0.6) is 0 Å². The van der Waals surface area contributed by atoms with E-state index in [-0.39, 0.29) is 16.8 Å². The van der Waals surface area contributed by atoms with Crippen LogP contribution in [-0.4, -0.2) is 41.6 Å². The fourth-order valence-corrected chi connectivity index (χ4v) is 6.25. The Morgan fingerprint density at radius 1 is 1.14 bits per heavy atom. The van der Waals surface area contributed by atoms with Gasteiger partial charge in [0.25, 0.3) is 0 Å². The minimum absolute atomic E-state index is 0.0304. The van der Waals surface area contributed by atoms with E-state index in [1.807, 2.05) is 0 Å². The Hall–Kier alpha value is 0.260. The maximum atomic E-state index is 11.3. The molecule has 0 spiro atoms. The van der Waals surface area contributed by atoms with E-state index in [0.717, 1.165) is 0 Å². The molecule has 0 aromatic rings. The van der Waals surface area contributed by atoms with Crippen molar-refractivity contribution in [2.45, 2.75) is 42.3 Å². The molecule has 1 heterocycles. The van der Waals surface area contributed by atoms with Crippen LogP contribution in [0.25, 0.3) is 0 Å². The highest BCUT2D eigenvalue weighted by molar-refractivity contribution is 8.02. The van der Waals surface area contributed by atoms with E-state index in [4.69, 9.17) is 0 Å². The number of aliphatic hydroxyl groups is 1. The second-order valence-electron chi connectivity index (χ2n) is 4.23. The fourth-order valence-electron chi connectivity index (χ4n) is 2.20. The molecule has 2 rings (SSSR count). The second kappa shape index (κ2) is 4.02. The number of aliphatic hydroxyl groups excluding tert-OH is 1. The average molecular weight is 236 g/mol. The molecule has 1 N–H and O–H groups in total. The van der Waals surface area contributed by atoms with Crippen molar-refractivity contribution < 1.29 is 13.5 Å². The molecule has 0 aromatic carbocycles. The van der Waals surface area contributed by atoms with Crippen molar-refractivity contribution in [2.75, 3.05) is 11.5 Å². The van der Waals surface area contributed by atoms with Gasteiger partial charge in [-0.3, -0.25) is 0 Å². The van der Waals surface area contributed by atoms with E-state index in [2.05, 4.69) is 0 Å². The lowest BCUT2D eigenvalue weighted by atomic mass is 10.3. The molecule has 2 aliphatic rings. The molecule has 0 radical (unpaired) electrons. The highest BCUT2D eigenvalue weighted by Gasteiger charge is 2.38. The molecule has 1 aliphatic heterocycles. The molecule has 5 heteroatoms. The first kappa shape index (κ1) is 10.8. The summed E-state index contributed by atoms with van der Waals surface area (Å²) < 4.78 is 22.5. The summed E-state index contributed by atoms with van der Waals surface area (Å²) in [6.07, 6.45) is 4.26. The van der Waals surface area contributed by atoms with Gasteiger partial charge >= 0.3 is 0 Å². The SMILES string of the molecule is O=S1(=O)CC(O)C(SC2CCCC2)C1. The van der Waals surface area contributed by atoms with Crippen LogP contribution < -0.4 is 0 Å². The summed E-state index contributed by atoms with van der Waals surface area (Å²) in [5.74, 6) is 0.146. The Labute approximate surface area is 89.2 Å². The Kier molecular flexibility index (Phi) is 3.09. The Balaban J connectivity index is 1.92. The summed E-state index contributed by atoms with van der Waals surface area (Å²) >= 11 is 1.70. The largest absolute Gasteiger partial charge is 0.391 e. The van der Waals surface area contributed by atoms with Gasteiger partial charge in [0.15, 0.2) is 9.84 Å². The smallest absolute Gasteiger partial charge is 0.154 e. The third kappa shape index (κ3) is 2.44. The van der Waals surface area contributed by atoms with Gasteiger partial charge in [-0.1, -0.05) is 12.8 Å². The number of sulfone groups is 1. The number of thioether (sulfide) groups is 1. The molecule has 2 fully saturated rings. The third-order valence-electron chi connectivity index (χ3n) is 2.94. The molecule has 3 nitrogen and oxygen atoms in total. The van der Waals surface area contributed by atoms with Crippen LogP contribution >= 0.6 is 11.8 Å². The highest BCUT2D eigenvalue weighted by Crippen LogP contribution is 2.36. The lowest BCUT2D eigenvalue weighted by Gasteiger charge is -2.16. The van der Waals surface area contributed by atoms with Crippen molar-refractivity contribution >= 4 is 21.6 Å². The lowest BCUT2D eigenvalue weighted by molar-refractivity contribution is 0.207. The predicted molar refractivity (Wildman–Crippen MR) is 58.3 cm³/mol. The number of hydrogen-bond acceptors (Lipinski definition) is 4. The van der Waals surface area contributed by atoms with Crippen molar-refractivity contribution in [3.8, 4) is 0 Å². The van der Waals surface area contributed by atoms with Crippen LogP contribution in [0, 0.1) is 0 Å². The first-order valence-electron chi connectivity index (χ1n) is 5.11. The fraction of sp³-hybridized carbons (Fsp3) is 1.00. The maximum absolute atomic E-state index is 11.3. The van der Waals surface area contributed by atoms with Crippen molar-refractivity contribution in [1.82, 2.24) is 0 Å². The van der Waals surface area contributed by atoms with E-state index in [1.165, 1.54) is 25.7 Å². The molecule has 1 saturated carbocycles. The van der Waals surface area contributed by atoms with Crippen LogP contribution in [-0.2, 0) is 9.84 Å². The summed E-state index contributed by atoms with van der Waals surface area (Å²) in [5, 5.41) is 10.1. The van der Waals surface area contributed by atoms with Gasteiger partial charge in [-0.2, -0.15) is 11.8 Å². The van der Waals surface area contributed by atoms with Gasteiger partial charge in [-0.05, 0) is 12.8 Å². The molecule has 2 atom stereocenters. The normalized spacial score (nSPS) is 37.8. The van der Waals surface area contributed by atoms with Crippen molar-refractivity contribution in [3.63, 3.8) is 0 Å². The Morgan fingerprint density at radius 3 is 2.29 bits per heavy atom. The van der Waals surface area contributed by atoms with Crippen LogP contribution in [0.1, 0.15) is 25.7 Å². The van der Waals surface area contributed by atoms with E-state index < -0.39 is 15.9 Å². The molecule has 1 aliphatic carbocycles. The monoisotopic (exact) mass is 236 g/mol. The van der Waals surface area contributed by atoms with Gasteiger partial charge in [0.2, 0.25) is 0 Å². The quantitative estimate of drug-likeness (QED) is 0.771. The molecule has 82 valence electrons. The topological polar surface area (TPSA) is 54.4 Å². The van der Waals surface area contributed by atoms with Crippen LogP contribution in [0.2, 0.25) is 0 Å². The van der Waals surface area contributed by atoms with Crippen molar-refractivity contribution in [1.29, 1.82) is 0 Å². The first-order chi connectivity index (χ1) is 6.57. The van der Waals surface area contributed by atoms with Gasteiger partial charge in [0.1, 0.15) is 0 Å².